The first-order valence-electron chi connectivity index (χ1n) is 8.18. The number of ether oxygens (including phenoxy) is 1. The summed E-state index contributed by atoms with van der Waals surface area (Å²) in [6.07, 6.45) is 4.31. The molecule has 1 fully saturated rings. The molecule has 0 spiro atoms. The number of methoxy groups -OCH3 is 1. The lowest BCUT2D eigenvalue weighted by molar-refractivity contribution is -0.122. The summed E-state index contributed by atoms with van der Waals surface area (Å²) in [5, 5.41) is 7.30. The summed E-state index contributed by atoms with van der Waals surface area (Å²) in [7, 11) is 1.59. The van der Waals surface area contributed by atoms with Gasteiger partial charge in [-0.05, 0) is 31.0 Å². The number of hydrogen-bond acceptors (Lipinski definition) is 4. The van der Waals surface area contributed by atoms with E-state index in [0.29, 0.717) is 11.4 Å². The Labute approximate surface area is 140 Å². The van der Waals surface area contributed by atoms with Crippen molar-refractivity contribution in [2.75, 3.05) is 7.11 Å². The smallest absolute Gasteiger partial charge is 0.267 e. The maximum Gasteiger partial charge on any atom is 0.267 e. The molecule has 6 heteroatoms. The molecule has 1 amide bonds. The van der Waals surface area contributed by atoms with Gasteiger partial charge in [0, 0.05) is 17.7 Å². The molecule has 24 heavy (non-hydrogen) atoms. The van der Waals surface area contributed by atoms with Crippen molar-refractivity contribution in [2.24, 2.45) is 0 Å². The molecule has 1 saturated carbocycles. The van der Waals surface area contributed by atoms with E-state index < -0.39 is 0 Å². The van der Waals surface area contributed by atoms with E-state index in [9.17, 15) is 9.59 Å². The average molecular weight is 327 g/mol. The molecule has 1 aromatic heterocycles. The molecule has 1 N–H and O–H groups in total. The van der Waals surface area contributed by atoms with Crippen LogP contribution in [-0.4, -0.2) is 28.8 Å². The van der Waals surface area contributed by atoms with Gasteiger partial charge in [0.2, 0.25) is 5.91 Å². The molecule has 0 saturated heterocycles. The van der Waals surface area contributed by atoms with Crippen molar-refractivity contribution < 1.29 is 9.53 Å². The SMILES string of the molecule is COc1ccccc1-c1ccc(=O)n(CC(=O)NC2CCCC2)n1. The molecule has 0 atom stereocenters. The van der Waals surface area contributed by atoms with Gasteiger partial charge in [-0.15, -0.1) is 0 Å². The van der Waals surface area contributed by atoms with E-state index in [4.69, 9.17) is 4.74 Å². The molecule has 1 aromatic carbocycles. The van der Waals surface area contributed by atoms with Crippen LogP contribution in [0.15, 0.2) is 41.2 Å². The summed E-state index contributed by atoms with van der Waals surface area (Å²) in [4.78, 5) is 24.2. The van der Waals surface area contributed by atoms with Crippen molar-refractivity contribution in [2.45, 2.75) is 38.3 Å². The van der Waals surface area contributed by atoms with Gasteiger partial charge in [0.1, 0.15) is 12.3 Å². The topological polar surface area (TPSA) is 73.2 Å². The molecule has 1 heterocycles. The fraction of sp³-hybridized carbons (Fsp3) is 0.389. The summed E-state index contributed by atoms with van der Waals surface area (Å²) in [5.41, 5.74) is 1.08. The van der Waals surface area contributed by atoms with Crippen LogP contribution in [0.25, 0.3) is 11.3 Å². The molecule has 0 bridgehead atoms. The van der Waals surface area contributed by atoms with E-state index in [1.54, 1.807) is 13.2 Å². The Bertz CT molecular complexity index is 779. The normalized spacial score (nSPS) is 14.5. The number of benzene rings is 1. The van der Waals surface area contributed by atoms with Crippen LogP contribution in [-0.2, 0) is 11.3 Å². The van der Waals surface area contributed by atoms with Gasteiger partial charge in [-0.25, -0.2) is 4.68 Å². The van der Waals surface area contributed by atoms with Crippen molar-refractivity contribution in [1.82, 2.24) is 15.1 Å². The summed E-state index contributed by atoms with van der Waals surface area (Å²) in [6, 6.07) is 10.7. The highest BCUT2D eigenvalue weighted by Gasteiger charge is 2.18. The zero-order chi connectivity index (χ0) is 16.9. The highest BCUT2D eigenvalue weighted by molar-refractivity contribution is 5.76. The highest BCUT2D eigenvalue weighted by atomic mass is 16.5. The Morgan fingerprint density at radius 1 is 1.25 bits per heavy atom. The number of rotatable bonds is 5. The van der Waals surface area contributed by atoms with Gasteiger partial charge in [-0.1, -0.05) is 25.0 Å². The van der Waals surface area contributed by atoms with Crippen LogP contribution in [0.4, 0.5) is 0 Å². The van der Waals surface area contributed by atoms with Gasteiger partial charge in [0.05, 0.1) is 12.8 Å². The zero-order valence-corrected chi connectivity index (χ0v) is 13.7. The van der Waals surface area contributed by atoms with E-state index >= 15 is 0 Å². The maximum atomic E-state index is 12.2. The van der Waals surface area contributed by atoms with Crippen molar-refractivity contribution in [3.63, 3.8) is 0 Å². The fourth-order valence-electron chi connectivity index (χ4n) is 3.04. The molecule has 1 aliphatic rings. The molecule has 1 aliphatic carbocycles. The van der Waals surface area contributed by atoms with Crippen molar-refractivity contribution >= 4 is 5.91 Å². The minimum atomic E-state index is -0.296. The van der Waals surface area contributed by atoms with E-state index in [2.05, 4.69) is 10.4 Å². The van der Waals surface area contributed by atoms with Crippen molar-refractivity contribution in [3.8, 4) is 17.0 Å². The fourth-order valence-corrected chi connectivity index (χ4v) is 3.04. The quantitative estimate of drug-likeness (QED) is 0.911. The van der Waals surface area contributed by atoms with E-state index in [0.717, 1.165) is 31.2 Å². The number of aromatic nitrogens is 2. The maximum absolute atomic E-state index is 12.2. The molecular formula is C18H21N3O3. The third-order valence-corrected chi connectivity index (χ3v) is 4.26. The lowest BCUT2D eigenvalue weighted by Crippen LogP contribution is -2.38. The Hall–Kier alpha value is -2.63. The molecule has 3 rings (SSSR count). The monoisotopic (exact) mass is 327 g/mol. The second-order valence-corrected chi connectivity index (χ2v) is 5.96. The predicted octanol–water partition coefficient (Wildman–Crippen LogP) is 1.98. The number of nitrogens with zero attached hydrogens (tertiary/aromatic N) is 2. The Morgan fingerprint density at radius 2 is 2.00 bits per heavy atom. The average Bonchev–Trinajstić information content (AvgIpc) is 3.09. The minimum Gasteiger partial charge on any atom is -0.496 e. The summed E-state index contributed by atoms with van der Waals surface area (Å²) < 4.78 is 6.53. The van der Waals surface area contributed by atoms with Gasteiger partial charge in [0.25, 0.3) is 5.56 Å². The van der Waals surface area contributed by atoms with Gasteiger partial charge < -0.3 is 10.1 Å². The lowest BCUT2D eigenvalue weighted by Gasteiger charge is -2.13. The van der Waals surface area contributed by atoms with Crippen LogP contribution < -0.4 is 15.6 Å². The number of carbonyl (C=O) groups excluding carboxylic acids is 1. The van der Waals surface area contributed by atoms with Crippen LogP contribution in [0.2, 0.25) is 0 Å². The predicted molar refractivity (Wildman–Crippen MR) is 90.9 cm³/mol. The van der Waals surface area contributed by atoms with Gasteiger partial charge >= 0.3 is 0 Å². The summed E-state index contributed by atoms with van der Waals surface area (Å²) in [5.74, 6) is 0.499. The molecule has 126 valence electrons. The number of hydrogen-bond donors (Lipinski definition) is 1. The number of amides is 1. The molecule has 0 unspecified atom stereocenters. The third kappa shape index (κ3) is 3.64. The van der Waals surface area contributed by atoms with Crippen LogP contribution in [0.3, 0.4) is 0 Å². The molecular weight excluding hydrogens is 306 g/mol. The van der Waals surface area contributed by atoms with Crippen molar-refractivity contribution in [1.29, 1.82) is 0 Å². The van der Waals surface area contributed by atoms with Gasteiger partial charge in [-0.3, -0.25) is 9.59 Å². The first-order chi connectivity index (χ1) is 11.7. The van der Waals surface area contributed by atoms with E-state index in [1.165, 1.54) is 10.7 Å². The standard InChI is InChI=1S/C18H21N3O3/c1-24-16-9-5-4-8-14(16)15-10-11-18(23)21(20-15)12-17(22)19-13-6-2-3-7-13/h4-5,8-11,13H,2-3,6-7,12H2,1H3,(H,19,22). The largest absolute Gasteiger partial charge is 0.496 e. The number of carbonyl (C=O) groups is 1. The van der Waals surface area contributed by atoms with Crippen LogP contribution in [0.5, 0.6) is 5.75 Å². The molecule has 0 radical (unpaired) electrons. The molecule has 0 aliphatic heterocycles. The molecule has 2 aromatic rings. The van der Waals surface area contributed by atoms with Gasteiger partial charge in [-0.2, -0.15) is 5.10 Å². The second-order valence-electron chi connectivity index (χ2n) is 5.96. The second kappa shape index (κ2) is 7.29. The van der Waals surface area contributed by atoms with Crippen LogP contribution >= 0.6 is 0 Å². The van der Waals surface area contributed by atoms with Crippen LogP contribution in [0.1, 0.15) is 25.7 Å². The Kier molecular flexibility index (Phi) is 4.93. The lowest BCUT2D eigenvalue weighted by atomic mass is 10.1. The summed E-state index contributed by atoms with van der Waals surface area (Å²) in [6.45, 7) is -0.0711. The first-order valence-corrected chi connectivity index (χ1v) is 8.18. The third-order valence-electron chi connectivity index (χ3n) is 4.26. The Morgan fingerprint density at radius 3 is 2.75 bits per heavy atom. The Balaban J connectivity index is 1.81. The molecule has 6 nitrogen and oxygen atoms in total. The van der Waals surface area contributed by atoms with Crippen LogP contribution in [0, 0.1) is 0 Å². The van der Waals surface area contributed by atoms with Gasteiger partial charge in [0.15, 0.2) is 0 Å². The summed E-state index contributed by atoms with van der Waals surface area (Å²) >= 11 is 0. The zero-order valence-electron chi connectivity index (χ0n) is 13.7. The minimum absolute atomic E-state index is 0.0711. The number of para-hydroxylation sites is 1. The van der Waals surface area contributed by atoms with E-state index in [1.807, 2.05) is 24.3 Å². The first kappa shape index (κ1) is 16.2. The van der Waals surface area contributed by atoms with Crippen molar-refractivity contribution in [3.05, 3.63) is 46.8 Å². The highest BCUT2D eigenvalue weighted by Crippen LogP contribution is 2.27. The van der Waals surface area contributed by atoms with E-state index in [-0.39, 0.29) is 24.1 Å². The number of nitrogens with one attached hydrogen (secondary N) is 1.